The minimum atomic E-state index is -0.888. The number of Topliss-reactive ketones (excluding diaryl/α,β-unsaturated/α-hetero) is 1. The van der Waals surface area contributed by atoms with Gasteiger partial charge in [0.25, 0.3) is 0 Å². The second kappa shape index (κ2) is 6.77. The molecule has 0 amide bonds. The predicted molar refractivity (Wildman–Crippen MR) is 84.0 cm³/mol. The topological polar surface area (TPSA) is 69.4 Å². The SMILES string of the molecule is C[C@H](Oc1ccc(Cl)cc1[N+](=O)[O-])C(=O)c1ccc(Cl)cc1. The average molecular weight is 340 g/mol. The highest BCUT2D eigenvalue weighted by Crippen LogP contribution is 2.31. The number of hydrogen-bond donors (Lipinski definition) is 0. The number of nitrogens with zero attached hydrogens (tertiary/aromatic N) is 1. The molecule has 0 radical (unpaired) electrons. The van der Waals surface area contributed by atoms with Crippen molar-refractivity contribution in [2.45, 2.75) is 13.0 Å². The molecule has 0 spiro atoms. The van der Waals surface area contributed by atoms with Crippen molar-refractivity contribution in [3.63, 3.8) is 0 Å². The second-order valence-corrected chi connectivity index (χ2v) is 5.37. The maximum absolute atomic E-state index is 12.2. The number of carbonyl (C=O) groups is 1. The largest absolute Gasteiger partial charge is 0.475 e. The molecule has 114 valence electrons. The van der Waals surface area contributed by atoms with Gasteiger partial charge in [-0.3, -0.25) is 14.9 Å². The van der Waals surface area contributed by atoms with Crippen molar-refractivity contribution >= 4 is 34.7 Å². The zero-order valence-electron chi connectivity index (χ0n) is 11.5. The first-order valence-corrected chi connectivity index (χ1v) is 7.04. The molecule has 0 aliphatic carbocycles. The molecular weight excluding hydrogens is 329 g/mol. The lowest BCUT2D eigenvalue weighted by atomic mass is 10.1. The number of ether oxygens (including phenoxy) is 1. The molecule has 0 aliphatic heterocycles. The molecule has 22 heavy (non-hydrogen) atoms. The maximum atomic E-state index is 12.2. The van der Waals surface area contributed by atoms with Crippen molar-refractivity contribution in [1.29, 1.82) is 0 Å². The van der Waals surface area contributed by atoms with E-state index in [4.69, 9.17) is 27.9 Å². The fourth-order valence-corrected chi connectivity index (χ4v) is 2.12. The van der Waals surface area contributed by atoms with Crippen LogP contribution in [-0.4, -0.2) is 16.8 Å². The van der Waals surface area contributed by atoms with Crippen LogP contribution in [0.3, 0.4) is 0 Å². The molecule has 0 unspecified atom stereocenters. The first-order chi connectivity index (χ1) is 10.4. The van der Waals surface area contributed by atoms with Crippen LogP contribution in [0.5, 0.6) is 5.75 Å². The Morgan fingerprint density at radius 2 is 1.73 bits per heavy atom. The quantitative estimate of drug-likeness (QED) is 0.455. The van der Waals surface area contributed by atoms with Crippen LogP contribution in [0.2, 0.25) is 10.0 Å². The van der Waals surface area contributed by atoms with Gasteiger partial charge in [0.2, 0.25) is 5.78 Å². The van der Waals surface area contributed by atoms with Crippen molar-refractivity contribution in [2.75, 3.05) is 0 Å². The standard InChI is InChI=1S/C15H11Cl2NO4/c1-9(15(19)10-2-4-11(16)5-3-10)22-14-7-6-12(17)8-13(14)18(20)21/h2-9H,1H3/t9-/m0/s1. The van der Waals surface area contributed by atoms with E-state index < -0.39 is 11.0 Å². The van der Waals surface area contributed by atoms with Crippen LogP contribution >= 0.6 is 23.2 Å². The number of rotatable bonds is 5. The van der Waals surface area contributed by atoms with Crippen LogP contribution in [0.15, 0.2) is 42.5 Å². The van der Waals surface area contributed by atoms with E-state index >= 15 is 0 Å². The number of nitro groups is 1. The summed E-state index contributed by atoms with van der Waals surface area (Å²) in [6.07, 6.45) is -0.888. The number of benzene rings is 2. The van der Waals surface area contributed by atoms with Crippen molar-refractivity contribution < 1.29 is 14.5 Å². The van der Waals surface area contributed by atoms with Gasteiger partial charge >= 0.3 is 5.69 Å². The third kappa shape index (κ3) is 3.75. The van der Waals surface area contributed by atoms with Crippen molar-refractivity contribution in [3.8, 4) is 5.75 Å². The van der Waals surface area contributed by atoms with Gasteiger partial charge in [-0.25, -0.2) is 0 Å². The zero-order chi connectivity index (χ0) is 16.3. The van der Waals surface area contributed by atoms with Gasteiger partial charge in [-0.15, -0.1) is 0 Å². The van der Waals surface area contributed by atoms with Gasteiger partial charge in [-0.2, -0.15) is 0 Å². The van der Waals surface area contributed by atoms with E-state index in [2.05, 4.69) is 0 Å². The summed E-state index contributed by atoms with van der Waals surface area (Å²) < 4.78 is 5.43. The lowest BCUT2D eigenvalue weighted by molar-refractivity contribution is -0.386. The molecule has 1 atom stereocenters. The van der Waals surface area contributed by atoms with Gasteiger partial charge in [0.05, 0.1) is 4.92 Å². The minimum absolute atomic E-state index is 0.00999. The third-order valence-corrected chi connectivity index (χ3v) is 3.41. The summed E-state index contributed by atoms with van der Waals surface area (Å²) in [5, 5.41) is 11.7. The van der Waals surface area contributed by atoms with E-state index in [0.29, 0.717) is 10.6 Å². The van der Waals surface area contributed by atoms with Crippen molar-refractivity contribution in [1.82, 2.24) is 0 Å². The Labute approximate surface area is 136 Å². The number of ketones is 1. The Morgan fingerprint density at radius 1 is 1.14 bits per heavy atom. The molecule has 0 fully saturated rings. The van der Waals surface area contributed by atoms with E-state index in [-0.39, 0.29) is 22.2 Å². The van der Waals surface area contributed by atoms with Crippen molar-refractivity contribution in [2.24, 2.45) is 0 Å². The highest BCUT2D eigenvalue weighted by Gasteiger charge is 2.22. The van der Waals surface area contributed by atoms with Crippen molar-refractivity contribution in [3.05, 3.63) is 68.2 Å². The highest BCUT2D eigenvalue weighted by atomic mass is 35.5. The van der Waals surface area contributed by atoms with Gasteiger partial charge in [-0.1, -0.05) is 23.2 Å². The van der Waals surface area contributed by atoms with Crippen LogP contribution in [-0.2, 0) is 0 Å². The number of carbonyl (C=O) groups excluding carboxylic acids is 1. The van der Waals surface area contributed by atoms with Crippen LogP contribution in [0.4, 0.5) is 5.69 Å². The molecule has 0 aliphatic rings. The van der Waals surface area contributed by atoms with Crippen LogP contribution < -0.4 is 4.74 Å². The molecule has 0 saturated carbocycles. The molecule has 2 aromatic rings. The Hall–Kier alpha value is -2.11. The average Bonchev–Trinajstić information content (AvgIpc) is 2.48. The van der Waals surface area contributed by atoms with Crippen LogP contribution in [0, 0.1) is 10.1 Å². The Kier molecular flexibility index (Phi) is 5.00. The molecule has 2 rings (SSSR count). The summed E-state index contributed by atoms with van der Waals surface area (Å²) in [7, 11) is 0. The number of nitro benzene ring substituents is 1. The normalized spacial score (nSPS) is 11.8. The fraction of sp³-hybridized carbons (Fsp3) is 0.133. The smallest absolute Gasteiger partial charge is 0.312 e. The van der Waals surface area contributed by atoms with Gasteiger partial charge < -0.3 is 4.74 Å². The summed E-state index contributed by atoms with van der Waals surface area (Å²) in [5.41, 5.74) is 0.122. The summed E-state index contributed by atoms with van der Waals surface area (Å²) >= 11 is 11.5. The predicted octanol–water partition coefficient (Wildman–Crippen LogP) is 4.55. The maximum Gasteiger partial charge on any atom is 0.312 e. The number of hydrogen-bond acceptors (Lipinski definition) is 4. The Bertz CT molecular complexity index is 716. The molecule has 7 heteroatoms. The lowest BCUT2D eigenvalue weighted by Gasteiger charge is -2.14. The second-order valence-electron chi connectivity index (χ2n) is 4.50. The highest BCUT2D eigenvalue weighted by molar-refractivity contribution is 6.31. The lowest BCUT2D eigenvalue weighted by Crippen LogP contribution is -2.24. The molecule has 2 aromatic carbocycles. The number of halogens is 2. The first-order valence-electron chi connectivity index (χ1n) is 6.29. The van der Waals surface area contributed by atoms with Gasteiger partial charge in [0, 0.05) is 21.7 Å². The van der Waals surface area contributed by atoms with Crippen LogP contribution in [0.25, 0.3) is 0 Å². The van der Waals surface area contributed by atoms with E-state index in [1.807, 2.05) is 0 Å². The van der Waals surface area contributed by atoms with Gasteiger partial charge in [0.1, 0.15) is 0 Å². The third-order valence-electron chi connectivity index (χ3n) is 2.92. The molecule has 5 nitrogen and oxygen atoms in total. The van der Waals surface area contributed by atoms with E-state index in [9.17, 15) is 14.9 Å². The zero-order valence-corrected chi connectivity index (χ0v) is 13.0. The van der Waals surface area contributed by atoms with Gasteiger partial charge in [-0.05, 0) is 43.3 Å². The molecule has 0 heterocycles. The first kappa shape index (κ1) is 16.3. The summed E-state index contributed by atoms with van der Waals surface area (Å²) in [4.78, 5) is 22.6. The minimum Gasteiger partial charge on any atom is -0.475 e. The molecule has 0 aromatic heterocycles. The fourth-order valence-electron chi connectivity index (χ4n) is 1.83. The van der Waals surface area contributed by atoms with Crippen LogP contribution in [0.1, 0.15) is 17.3 Å². The van der Waals surface area contributed by atoms with Gasteiger partial charge in [0.15, 0.2) is 11.9 Å². The Morgan fingerprint density at radius 3 is 2.32 bits per heavy atom. The summed E-state index contributed by atoms with van der Waals surface area (Å²) in [5.74, 6) is -0.315. The summed E-state index contributed by atoms with van der Waals surface area (Å²) in [6, 6.07) is 10.3. The Balaban J connectivity index is 2.21. The monoisotopic (exact) mass is 339 g/mol. The van der Waals surface area contributed by atoms with E-state index in [1.54, 1.807) is 24.3 Å². The molecular formula is C15H11Cl2NO4. The van der Waals surface area contributed by atoms with E-state index in [1.165, 1.54) is 25.1 Å². The van der Waals surface area contributed by atoms with E-state index in [0.717, 1.165) is 0 Å². The molecule has 0 bridgehead atoms. The molecule has 0 saturated heterocycles. The molecule has 0 N–H and O–H groups in total. The summed E-state index contributed by atoms with van der Waals surface area (Å²) in [6.45, 7) is 1.52.